The van der Waals surface area contributed by atoms with E-state index in [1.807, 2.05) is 0 Å². The summed E-state index contributed by atoms with van der Waals surface area (Å²) in [5.74, 6) is -2.14. The van der Waals surface area contributed by atoms with E-state index in [4.69, 9.17) is 0 Å². The third-order valence-electron chi connectivity index (χ3n) is 3.50. The fourth-order valence-corrected chi connectivity index (χ4v) is 2.34. The maximum atomic E-state index is 13.7. The normalized spacial score (nSPS) is 10.3. The minimum atomic E-state index is -0.742. The second-order valence-electron chi connectivity index (χ2n) is 5.75. The maximum absolute atomic E-state index is 13.7. The number of rotatable bonds is 5. The van der Waals surface area contributed by atoms with E-state index in [1.165, 1.54) is 22.9 Å². The van der Waals surface area contributed by atoms with Crippen LogP contribution < -0.4 is 10.2 Å². The highest BCUT2D eigenvalue weighted by Crippen LogP contribution is 2.21. The highest BCUT2D eigenvalue weighted by molar-refractivity contribution is 5.98. The smallest absolute Gasteiger partial charge is 0.253 e. The van der Waals surface area contributed by atoms with Crippen molar-refractivity contribution in [3.05, 3.63) is 59.7 Å². The molecule has 1 N–H and O–H groups in total. The minimum absolute atomic E-state index is 0.193. The monoisotopic (exact) mass is 347 g/mol. The SMILES string of the molecule is CN(C)C(=O)c1cccc(NC(=O)CN(C)c2c(F)cccc2F)c1. The standard InChI is InChI=1S/C18H19F2N3O2/c1-22(2)18(25)12-6-4-7-13(10-12)21-16(24)11-23(3)17-14(19)8-5-9-15(17)20/h4-10H,11H2,1-3H3,(H,21,24). The molecule has 2 aromatic rings. The molecular weight excluding hydrogens is 328 g/mol. The number of anilines is 2. The summed E-state index contributed by atoms with van der Waals surface area (Å²) in [5.41, 5.74) is 0.589. The molecule has 2 rings (SSSR count). The first-order valence-corrected chi connectivity index (χ1v) is 7.56. The number of nitrogens with zero attached hydrogens (tertiary/aromatic N) is 2. The lowest BCUT2D eigenvalue weighted by Crippen LogP contribution is -2.31. The number of hydrogen-bond donors (Lipinski definition) is 1. The van der Waals surface area contributed by atoms with Gasteiger partial charge in [-0.3, -0.25) is 9.59 Å². The molecule has 0 fully saturated rings. The quantitative estimate of drug-likeness (QED) is 0.905. The van der Waals surface area contributed by atoms with Crippen molar-refractivity contribution >= 4 is 23.2 Å². The molecule has 25 heavy (non-hydrogen) atoms. The molecule has 132 valence electrons. The molecule has 2 aromatic carbocycles. The molecule has 0 saturated heterocycles. The molecule has 0 atom stereocenters. The molecule has 0 saturated carbocycles. The first-order valence-electron chi connectivity index (χ1n) is 7.56. The van der Waals surface area contributed by atoms with Gasteiger partial charge in [0.2, 0.25) is 5.91 Å². The molecule has 0 radical (unpaired) electrons. The second kappa shape index (κ2) is 7.74. The van der Waals surface area contributed by atoms with Crippen LogP contribution in [0.3, 0.4) is 0 Å². The summed E-state index contributed by atoms with van der Waals surface area (Å²) < 4.78 is 27.5. The number of para-hydroxylation sites is 1. The number of halogens is 2. The first-order chi connectivity index (χ1) is 11.8. The molecule has 7 heteroatoms. The maximum Gasteiger partial charge on any atom is 0.253 e. The molecule has 0 aromatic heterocycles. The zero-order valence-electron chi connectivity index (χ0n) is 14.2. The zero-order valence-corrected chi connectivity index (χ0v) is 14.2. The van der Waals surface area contributed by atoms with Gasteiger partial charge in [-0.1, -0.05) is 12.1 Å². The summed E-state index contributed by atoms with van der Waals surface area (Å²) in [6.45, 7) is -0.246. The van der Waals surface area contributed by atoms with E-state index in [1.54, 1.807) is 38.4 Å². The number of hydrogen-bond acceptors (Lipinski definition) is 3. The molecule has 0 aliphatic heterocycles. The molecule has 0 aliphatic rings. The Morgan fingerprint density at radius 1 is 1.00 bits per heavy atom. The second-order valence-corrected chi connectivity index (χ2v) is 5.75. The highest BCUT2D eigenvalue weighted by atomic mass is 19.1. The summed E-state index contributed by atoms with van der Waals surface area (Å²) in [6, 6.07) is 9.98. The van der Waals surface area contributed by atoms with Crippen molar-refractivity contribution in [3.8, 4) is 0 Å². The van der Waals surface area contributed by atoms with Crippen molar-refractivity contribution < 1.29 is 18.4 Å². The average molecular weight is 347 g/mol. The summed E-state index contributed by atoms with van der Waals surface area (Å²) in [4.78, 5) is 26.7. The molecule has 2 amide bonds. The van der Waals surface area contributed by atoms with Crippen molar-refractivity contribution in [1.82, 2.24) is 4.90 Å². The van der Waals surface area contributed by atoms with Gasteiger partial charge in [-0.15, -0.1) is 0 Å². The predicted molar refractivity (Wildman–Crippen MR) is 92.7 cm³/mol. The Balaban J connectivity index is 2.08. The van der Waals surface area contributed by atoms with E-state index < -0.39 is 17.5 Å². The lowest BCUT2D eigenvalue weighted by molar-refractivity contribution is -0.114. The largest absolute Gasteiger partial charge is 0.361 e. The number of carbonyl (C=O) groups excluding carboxylic acids is 2. The first kappa shape index (κ1) is 18.4. The number of benzene rings is 2. The fraction of sp³-hybridized carbons (Fsp3) is 0.222. The molecule has 0 unspecified atom stereocenters. The molecular formula is C18H19F2N3O2. The molecule has 5 nitrogen and oxygen atoms in total. The Morgan fingerprint density at radius 3 is 2.20 bits per heavy atom. The van der Waals surface area contributed by atoms with Crippen LogP contribution in [0.4, 0.5) is 20.2 Å². The van der Waals surface area contributed by atoms with Crippen LogP contribution in [0.15, 0.2) is 42.5 Å². The third-order valence-corrected chi connectivity index (χ3v) is 3.50. The Morgan fingerprint density at radius 2 is 1.60 bits per heavy atom. The Hall–Kier alpha value is -2.96. The van der Waals surface area contributed by atoms with Crippen LogP contribution in [0, 0.1) is 11.6 Å². The fourth-order valence-electron chi connectivity index (χ4n) is 2.34. The Labute approximate surface area is 144 Å². The number of carbonyl (C=O) groups is 2. The van der Waals surface area contributed by atoms with Gasteiger partial charge in [-0.2, -0.15) is 0 Å². The average Bonchev–Trinajstić information content (AvgIpc) is 2.53. The van der Waals surface area contributed by atoms with Gasteiger partial charge in [0.1, 0.15) is 17.3 Å². The Kier molecular flexibility index (Phi) is 5.69. The van der Waals surface area contributed by atoms with E-state index in [-0.39, 0.29) is 18.1 Å². The van der Waals surface area contributed by atoms with Crippen LogP contribution in [-0.4, -0.2) is 44.4 Å². The van der Waals surface area contributed by atoms with Crippen molar-refractivity contribution in [1.29, 1.82) is 0 Å². The Bertz CT molecular complexity index is 773. The number of nitrogens with one attached hydrogen (secondary N) is 1. The van der Waals surface area contributed by atoms with Gasteiger partial charge in [0, 0.05) is 32.4 Å². The van der Waals surface area contributed by atoms with Crippen molar-refractivity contribution in [2.75, 3.05) is 37.9 Å². The van der Waals surface area contributed by atoms with E-state index in [0.29, 0.717) is 11.3 Å². The summed E-state index contributed by atoms with van der Waals surface area (Å²) in [7, 11) is 4.68. The molecule has 0 aliphatic carbocycles. The predicted octanol–water partition coefficient (Wildman–Crippen LogP) is 2.74. The van der Waals surface area contributed by atoms with Gasteiger partial charge in [0.25, 0.3) is 5.91 Å². The third kappa shape index (κ3) is 4.53. The van der Waals surface area contributed by atoms with Crippen molar-refractivity contribution in [3.63, 3.8) is 0 Å². The topological polar surface area (TPSA) is 52.7 Å². The van der Waals surface area contributed by atoms with Crippen LogP contribution in [0.1, 0.15) is 10.4 Å². The molecule has 0 bridgehead atoms. The summed E-state index contributed by atoms with van der Waals surface area (Å²) in [5, 5.41) is 2.62. The molecule has 0 spiro atoms. The van der Waals surface area contributed by atoms with Gasteiger partial charge < -0.3 is 15.1 Å². The summed E-state index contributed by atoms with van der Waals surface area (Å²) in [6.07, 6.45) is 0. The number of amides is 2. The van der Waals surface area contributed by atoms with E-state index >= 15 is 0 Å². The highest BCUT2D eigenvalue weighted by Gasteiger charge is 2.16. The lowest BCUT2D eigenvalue weighted by Gasteiger charge is -2.20. The van der Waals surface area contributed by atoms with Crippen LogP contribution in [0.5, 0.6) is 0 Å². The van der Waals surface area contributed by atoms with Gasteiger partial charge in [-0.25, -0.2) is 8.78 Å². The van der Waals surface area contributed by atoms with Crippen LogP contribution in [0.25, 0.3) is 0 Å². The lowest BCUT2D eigenvalue weighted by atomic mass is 10.2. The van der Waals surface area contributed by atoms with E-state index in [2.05, 4.69) is 5.32 Å². The van der Waals surface area contributed by atoms with Gasteiger partial charge in [0.05, 0.1) is 6.54 Å². The zero-order chi connectivity index (χ0) is 18.6. The van der Waals surface area contributed by atoms with Crippen LogP contribution in [0.2, 0.25) is 0 Å². The minimum Gasteiger partial charge on any atom is -0.361 e. The van der Waals surface area contributed by atoms with E-state index in [9.17, 15) is 18.4 Å². The van der Waals surface area contributed by atoms with Gasteiger partial charge in [-0.05, 0) is 30.3 Å². The summed E-state index contributed by atoms with van der Waals surface area (Å²) >= 11 is 0. The molecule has 0 heterocycles. The van der Waals surface area contributed by atoms with E-state index in [0.717, 1.165) is 12.1 Å². The number of likely N-dealkylation sites (N-methyl/N-ethyl adjacent to an activating group) is 1. The van der Waals surface area contributed by atoms with Gasteiger partial charge >= 0.3 is 0 Å². The van der Waals surface area contributed by atoms with Crippen LogP contribution in [-0.2, 0) is 4.79 Å². The van der Waals surface area contributed by atoms with Crippen LogP contribution >= 0.6 is 0 Å². The van der Waals surface area contributed by atoms with Crippen molar-refractivity contribution in [2.45, 2.75) is 0 Å². The van der Waals surface area contributed by atoms with Gasteiger partial charge in [0.15, 0.2) is 0 Å². The van der Waals surface area contributed by atoms with Crippen molar-refractivity contribution in [2.24, 2.45) is 0 Å².